The smallest absolute Gasteiger partial charge is 0.142 e. The van der Waals surface area contributed by atoms with Crippen LogP contribution in [0, 0.1) is 0 Å². The van der Waals surface area contributed by atoms with Crippen LogP contribution in [-0.2, 0) is 6.54 Å². The van der Waals surface area contributed by atoms with E-state index in [0.29, 0.717) is 17.3 Å². The van der Waals surface area contributed by atoms with Crippen LogP contribution in [-0.4, -0.2) is 21.9 Å². The lowest BCUT2D eigenvalue weighted by Gasteiger charge is -2.16. The number of nitrogens with two attached hydrogens (primary N) is 1. The van der Waals surface area contributed by atoms with Gasteiger partial charge in [0.05, 0.1) is 36.3 Å². The number of nitrogens with zero attached hydrogens (tertiary/aromatic N) is 3. The van der Waals surface area contributed by atoms with E-state index >= 15 is 0 Å². The van der Waals surface area contributed by atoms with Gasteiger partial charge in [0.15, 0.2) is 0 Å². The zero-order chi connectivity index (χ0) is 13.1. The third kappa shape index (κ3) is 2.19. The highest BCUT2D eigenvalue weighted by atomic mass is 35.5. The topological polar surface area (TPSA) is 66.0 Å². The van der Waals surface area contributed by atoms with Crippen molar-refractivity contribution in [1.29, 1.82) is 0 Å². The molecule has 2 rings (SSSR count). The molecule has 0 amide bonds. The molecule has 18 heavy (non-hydrogen) atoms. The molecule has 1 atom stereocenters. The Bertz CT molecular complexity index is 541. The maximum absolute atomic E-state index is 6.26. The Morgan fingerprint density at radius 3 is 2.94 bits per heavy atom. The molecular formula is C12H15ClN4O. The number of rotatable bonds is 4. The Labute approximate surface area is 111 Å². The molecule has 0 saturated carbocycles. The molecule has 0 aromatic carbocycles. The van der Waals surface area contributed by atoms with Crippen LogP contribution in [0.4, 0.5) is 0 Å². The van der Waals surface area contributed by atoms with E-state index in [1.807, 2.05) is 13.0 Å². The van der Waals surface area contributed by atoms with Crippen molar-refractivity contribution >= 4 is 11.6 Å². The second kappa shape index (κ2) is 5.37. The minimum Gasteiger partial charge on any atom is -0.495 e. The highest BCUT2D eigenvalue weighted by Crippen LogP contribution is 2.31. The molecule has 2 aromatic heterocycles. The van der Waals surface area contributed by atoms with E-state index in [1.165, 1.54) is 0 Å². The van der Waals surface area contributed by atoms with Gasteiger partial charge in [0.25, 0.3) is 0 Å². The fourth-order valence-corrected chi connectivity index (χ4v) is 2.16. The summed E-state index contributed by atoms with van der Waals surface area (Å²) in [5, 5.41) is 4.74. The third-order valence-corrected chi connectivity index (χ3v) is 3.09. The summed E-state index contributed by atoms with van der Waals surface area (Å²) in [6.07, 6.45) is 4.92. The highest BCUT2D eigenvalue weighted by Gasteiger charge is 2.20. The van der Waals surface area contributed by atoms with Gasteiger partial charge in [-0.25, -0.2) is 0 Å². The molecule has 0 aliphatic carbocycles. The molecule has 5 nitrogen and oxygen atoms in total. The van der Waals surface area contributed by atoms with Gasteiger partial charge in [-0.1, -0.05) is 11.6 Å². The Kier molecular flexibility index (Phi) is 3.84. The third-order valence-electron chi connectivity index (χ3n) is 2.80. The number of ether oxygens (including phenoxy) is 1. The van der Waals surface area contributed by atoms with Crippen molar-refractivity contribution in [3.63, 3.8) is 0 Å². The Balaban J connectivity index is 2.47. The van der Waals surface area contributed by atoms with Crippen molar-refractivity contribution in [3.05, 3.63) is 40.9 Å². The maximum atomic E-state index is 6.26. The number of hydrogen-bond acceptors (Lipinski definition) is 4. The summed E-state index contributed by atoms with van der Waals surface area (Å²) >= 11 is 6.14. The van der Waals surface area contributed by atoms with Gasteiger partial charge in [0.2, 0.25) is 0 Å². The van der Waals surface area contributed by atoms with E-state index in [-0.39, 0.29) is 0 Å². The number of halogens is 1. The molecule has 0 aliphatic heterocycles. The van der Waals surface area contributed by atoms with Crippen molar-refractivity contribution < 1.29 is 4.74 Å². The molecule has 2 N–H and O–H groups in total. The molecule has 0 saturated heterocycles. The predicted octanol–water partition coefficient (Wildman–Crippen LogP) is 2.01. The maximum Gasteiger partial charge on any atom is 0.142 e. The molecule has 96 valence electrons. The van der Waals surface area contributed by atoms with Crippen LogP contribution >= 0.6 is 11.6 Å². The summed E-state index contributed by atoms with van der Waals surface area (Å²) in [6, 6.07) is 1.44. The number of aryl methyl sites for hydroxylation is 1. The molecule has 0 fully saturated rings. The van der Waals surface area contributed by atoms with Crippen molar-refractivity contribution in [1.82, 2.24) is 14.8 Å². The SMILES string of the molecule is CCn1ncc(Cl)c1C(N)c1ccncc1OC. The van der Waals surface area contributed by atoms with Gasteiger partial charge >= 0.3 is 0 Å². The summed E-state index contributed by atoms with van der Waals surface area (Å²) in [7, 11) is 1.59. The quantitative estimate of drug-likeness (QED) is 0.919. The van der Waals surface area contributed by atoms with E-state index in [9.17, 15) is 0 Å². The van der Waals surface area contributed by atoms with Gasteiger partial charge in [-0.2, -0.15) is 5.10 Å². The normalized spacial score (nSPS) is 12.4. The van der Waals surface area contributed by atoms with E-state index in [0.717, 1.165) is 11.3 Å². The van der Waals surface area contributed by atoms with Crippen LogP contribution in [0.5, 0.6) is 5.75 Å². The van der Waals surface area contributed by atoms with Crippen LogP contribution in [0.25, 0.3) is 0 Å². The van der Waals surface area contributed by atoms with E-state index in [1.54, 1.807) is 30.4 Å². The van der Waals surface area contributed by atoms with E-state index in [2.05, 4.69) is 10.1 Å². The first-order chi connectivity index (χ1) is 8.69. The van der Waals surface area contributed by atoms with Crippen LogP contribution in [0.3, 0.4) is 0 Å². The van der Waals surface area contributed by atoms with Crippen molar-refractivity contribution in [2.75, 3.05) is 7.11 Å². The van der Waals surface area contributed by atoms with Gasteiger partial charge in [0, 0.05) is 18.3 Å². The standard InChI is InChI=1S/C12H15ClN4O/c1-3-17-12(9(13)6-16-17)11(14)8-4-5-15-7-10(8)18-2/h4-7,11H,3,14H2,1-2H3. The first kappa shape index (κ1) is 12.9. The zero-order valence-corrected chi connectivity index (χ0v) is 11.1. The lowest BCUT2D eigenvalue weighted by atomic mass is 10.1. The number of methoxy groups -OCH3 is 1. The summed E-state index contributed by atoms with van der Waals surface area (Å²) < 4.78 is 7.05. The van der Waals surface area contributed by atoms with Crippen molar-refractivity contribution in [2.24, 2.45) is 5.73 Å². The zero-order valence-electron chi connectivity index (χ0n) is 10.3. The Morgan fingerprint density at radius 1 is 1.50 bits per heavy atom. The summed E-state index contributed by atoms with van der Waals surface area (Å²) in [4.78, 5) is 4.01. The second-order valence-electron chi connectivity index (χ2n) is 3.79. The summed E-state index contributed by atoms with van der Waals surface area (Å²) in [5.41, 5.74) is 7.88. The first-order valence-corrected chi connectivity index (χ1v) is 6.01. The number of aromatic nitrogens is 3. The van der Waals surface area contributed by atoms with Gasteiger partial charge in [-0.15, -0.1) is 0 Å². The van der Waals surface area contributed by atoms with Crippen LogP contribution in [0.2, 0.25) is 5.02 Å². The molecule has 2 heterocycles. The fourth-order valence-electron chi connectivity index (χ4n) is 1.90. The minimum absolute atomic E-state index is 0.391. The van der Waals surface area contributed by atoms with Gasteiger partial charge < -0.3 is 10.5 Å². The second-order valence-corrected chi connectivity index (χ2v) is 4.20. The van der Waals surface area contributed by atoms with Crippen molar-refractivity contribution in [2.45, 2.75) is 19.5 Å². The molecule has 0 bridgehead atoms. The molecule has 0 radical (unpaired) electrons. The average Bonchev–Trinajstić information content (AvgIpc) is 2.79. The number of pyridine rings is 1. The molecular weight excluding hydrogens is 252 g/mol. The fraction of sp³-hybridized carbons (Fsp3) is 0.333. The van der Waals surface area contributed by atoms with E-state index in [4.69, 9.17) is 22.1 Å². The van der Waals surface area contributed by atoms with Gasteiger partial charge in [-0.3, -0.25) is 9.67 Å². The van der Waals surface area contributed by atoms with Gasteiger partial charge in [0.1, 0.15) is 5.75 Å². The molecule has 0 aliphatic rings. The van der Waals surface area contributed by atoms with Crippen molar-refractivity contribution in [3.8, 4) is 5.75 Å². The molecule has 0 spiro atoms. The number of hydrogen-bond donors (Lipinski definition) is 1. The lowest BCUT2D eigenvalue weighted by molar-refractivity contribution is 0.404. The van der Waals surface area contributed by atoms with Crippen LogP contribution < -0.4 is 10.5 Å². The van der Waals surface area contributed by atoms with Gasteiger partial charge in [-0.05, 0) is 13.0 Å². The minimum atomic E-state index is -0.391. The first-order valence-electron chi connectivity index (χ1n) is 5.63. The lowest BCUT2D eigenvalue weighted by Crippen LogP contribution is -2.18. The largest absolute Gasteiger partial charge is 0.495 e. The van der Waals surface area contributed by atoms with E-state index < -0.39 is 6.04 Å². The Morgan fingerprint density at radius 2 is 2.28 bits per heavy atom. The molecule has 2 aromatic rings. The van der Waals surface area contributed by atoms with Crippen LogP contribution in [0.15, 0.2) is 24.7 Å². The highest BCUT2D eigenvalue weighted by molar-refractivity contribution is 6.31. The summed E-state index contributed by atoms with van der Waals surface area (Å²) in [5.74, 6) is 0.643. The monoisotopic (exact) mass is 266 g/mol. The Hall–Kier alpha value is -1.59. The summed E-state index contributed by atoms with van der Waals surface area (Å²) in [6.45, 7) is 2.70. The predicted molar refractivity (Wildman–Crippen MR) is 69.7 cm³/mol. The van der Waals surface area contributed by atoms with Crippen LogP contribution in [0.1, 0.15) is 24.2 Å². The molecule has 6 heteroatoms. The average molecular weight is 267 g/mol. The molecule has 1 unspecified atom stereocenters.